The average Bonchev–Trinajstić information content (AvgIpc) is 3.03. The van der Waals surface area contributed by atoms with Crippen LogP contribution in [0.5, 0.6) is 11.5 Å². The molecule has 9 nitrogen and oxygen atoms in total. The van der Waals surface area contributed by atoms with Gasteiger partial charge in [0.2, 0.25) is 10.0 Å². The molecule has 2 amide bonds. The molecule has 0 fully saturated rings. The molecule has 10 heteroatoms. The third kappa shape index (κ3) is 7.59. The summed E-state index contributed by atoms with van der Waals surface area (Å²) >= 11 is 0. The molecule has 0 aliphatic carbocycles. The summed E-state index contributed by atoms with van der Waals surface area (Å²) in [6.45, 7) is 2.04. The van der Waals surface area contributed by atoms with Crippen LogP contribution < -0.4 is 24.4 Å². The van der Waals surface area contributed by atoms with Crippen molar-refractivity contribution in [1.29, 1.82) is 0 Å². The van der Waals surface area contributed by atoms with E-state index >= 15 is 0 Å². The van der Waals surface area contributed by atoms with Gasteiger partial charge < -0.3 is 19.7 Å². The van der Waals surface area contributed by atoms with Gasteiger partial charge in [0.15, 0.2) is 12.7 Å². The molecule has 1 aliphatic heterocycles. The van der Waals surface area contributed by atoms with Crippen molar-refractivity contribution in [3.8, 4) is 11.5 Å². The second-order valence-corrected chi connectivity index (χ2v) is 11.9. The first-order valence-electron chi connectivity index (χ1n) is 13.9. The van der Waals surface area contributed by atoms with Crippen molar-refractivity contribution in [3.05, 3.63) is 120 Å². The van der Waals surface area contributed by atoms with Crippen molar-refractivity contribution in [2.75, 3.05) is 24.6 Å². The maximum absolute atomic E-state index is 13.4. The quantitative estimate of drug-likeness (QED) is 0.269. The normalized spacial score (nSPS) is 14.3. The van der Waals surface area contributed by atoms with Crippen LogP contribution in [0.1, 0.15) is 16.7 Å². The Balaban J connectivity index is 1.20. The maximum atomic E-state index is 13.4. The lowest BCUT2D eigenvalue weighted by molar-refractivity contribution is -0.128. The van der Waals surface area contributed by atoms with E-state index in [4.69, 9.17) is 9.47 Å². The van der Waals surface area contributed by atoms with Crippen molar-refractivity contribution in [2.45, 2.75) is 30.9 Å². The Morgan fingerprint density at radius 2 is 1.58 bits per heavy atom. The summed E-state index contributed by atoms with van der Waals surface area (Å²) in [5.74, 6) is 0.141. The number of nitrogens with one attached hydrogen (secondary N) is 2. The Labute approximate surface area is 251 Å². The van der Waals surface area contributed by atoms with E-state index in [1.54, 1.807) is 31.2 Å². The maximum Gasteiger partial charge on any atom is 0.265 e. The fourth-order valence-corrected chi connectivity index (χ4v) is 5.82. The molecule has 4 aromatic carbocycles. The molecular formula is C33H33N3O6S. The number of anilines is 1. The SMILES string of the molecule is Cc1cc(S(=O)(=O)NCc2ccccc2)ccc1OCC(=O)N1C[C@H](C(=O)NCCc2ccccc2)Oc2ccccc21. The zero-order valence-electron chi connectivity index (χ0n) is 23.7. The van der Waals surface area contributed by atoms with Crippen molar-refractivity contribution in [3.63, 3.8) is 0 Å². The molecule has 0 saturated carbocycles. The summed E-state index contributed by atoms with van der Waals surface area (Å²) in [5.41, 5.74) is 3.06. The lowest BCUT2D eigenvalue weighted by atomic mass is 10.1. The minimum absolute atomic E-state index is 0.0274. The largest absolute Gasteiger partial charge is 0.483 e. The van der Waals surface area contributed by atoms with Crippen molar-refractivity contribution < 1.29 is 27.5 Å². The Morgan fingerprint density at radius 1 is 0.907 bits per heavy atom. The van der Waals surface area contributed by atoms with E-state index in [2.05, 4.69) is 10.0 Å². The highest BCUT2D eigenvalue weighted by Gasteiger charge is 2.34. The van der Waals surface area contributed by atoms with Gasteiger partial charge in [0, 0.05) is 13.1 Å². The van der Waals surface area contributed by atoms with Gasteiger partial charge in [-0.05, 0) is 60.4 Å². The van der Waals surface area contributed by atoms with E-state index in [1.807, 2.05) is 60.7 Å². The fraction of sp³-hybridized carbons (Fsp3) is 0.212. The number of para-hydroxylation sites is 2. The highest BCUT2D eigenvalue weighted by atomic mass is 32.2. The number of amides is 2. The third-order valence-corrected chi connectivity index (χ3v) is 8.44. The standard InChI is InChI=1S/C33H33N3O6S/c1-24-20-27(43(39,40)35-21-26-12-6-3-7-13-26)16-17-29(24)41-23-32(37)36-22-31(42-30-15-9-8-14-28(30)36)33(38)34-19-18-25-10-4-2-5-11-25/h2-17,20,31,35H,18-19,21-23H2,1H3,(H,34,38)/t31-/m1/s1. The minimum atomic E-state index is -3.75. The highest BCUT2D eigenvalue weighted by Crippen LogP contribution is 2.33. The molecular weight excluding hydrogens is 566 g/mol. The number of rotatable bonds is 11. The second kappa shape index (κ2) is 13.5. The summed E-state index contributed by atoms with van der Waals surface area (Å²) in [6.07, 6.45) is -0.209. The fourth-order valence-electron chi connectivity index (χ4n) is 4.72. The molecule has 1 aliphatic rings. The Hall–Kier alpha value is -4.67. The summed E-state index contributed by atoms with van der Waals surface area (Å²) in [4.78, 5) is 27.9. The predicted octanol–water partition coefficient (Wildman–Crippen LogP) is 4.01. The topological polar surface area (TPSA) is 114 Å². The molecule has 1 heterocycles. The third-order valence-electron chi connectivity index (χ3n) is 7.04. The Kier molecular flexibility index (Phi) is 9.38. The first-order chi connectivity index (χ1) is 20.8. The van der Waals surface area contributed by atoms with Gasteiger partial charge in [-0.1, -0.05) is 72.8 Å². The molecule has 1 atom stereocenters. The number of carbonyl (C=O) groups is 2. The van der Waals surface area contributed by atoms with Gasteiger partial charge in [0.1, 0.15) is 11.5 Å². The van der Waals surface area contributed by atoms with E-state index < -0.39 is 16.1 Å². The van der Waals surface area contributed by atoms with Gasteiger partial charge in [-0.25, -0.2) is 13.1 Å². The van der Waals surface area contributed by atoms with Crippen LogP contribution >= 0.6 is 0 Å². The number of carbonyl (C=O) groups excluding carboxylic acids is 2. The summed E-state index contributed by atoms with van der Waals surface area (Å²) < 4.78 is 40.0. The van der Waals surface area contributed by atoms with Crippen LogP contribution in [0, 0.1) is 6.92 Å². The molecule has 0 aromatic heterocycles. The van der Waals surface area contributed by atoms with E-state index in [1.165, 1.54) is 23.1 Å². The number of sulfonamides is 1. The zero-order chi connectivity index (χ0) is 30.2. The van der Waals surface area contributed by atoms with Crippen molar-refractivity contribution in [2.24, 2.45) is 0 Å². The minimum Gasteiger partial charge on any atom is -0.483 e. The molecule has 43 heavy (non-hydrogen) atoms. The number of fused-ring (bicyclic) bond motifs is 1. The van der Waals surface area contributed by atoms with Crippen LogP contribution in [0.4, 0.5) is 5.69 Å². The van der Waals surface area contributed by atoms with Crippen LogP contribution in [0.25, 0.3) is 0 Å². The van der Waals surface area contributed by atoms with Crippen LogP contribution in [0.2, 0.25) is 0 Å². The predicted molar refractivity (Wildman–Crippen MR) is 164 cm³/mol. The lowest BCUT2D eigenvalue weighted by Crippen LogP contribution is -2.52. The lowest BCUT2D eigenvalue weighted by Gasteiger charge is -2.34. The van der Waals surface area contributed by atoms with Gasteiger partial charge in [-0.15, -0.1) is 0 Å². The van der Waals surface area contributed by atoms with Gasteiger partial charge in [0.05, 0.1) is 17.1 Å². The number of hydrogen-bond acceptors (Lipinski definition) is 6. The van der Waals surface area contributed by atoms with Crippen LogP contribution in [0.3, 0.4) is 0 Å². The Morgan fingerprint density at radius 3 is 2.30 bits per heavy atom. The van der Waals surface area contributed by atoms with Gasteiger partial charge in [0.25, 0.3) is 11.8 Å². The number of hydrogen-bond donors (Lipinski definition) is 2. The van der Waals surface area contributed by atoms with Gasteiger partial charge in [-0.2, -0.15) is 0 Å². The first kappa shape index (κ1) is 29.8. The van der Waals surface area contributed by atoms with E-state index in [-0.39, 0.29) is 36.4 Å². The molecule has 0 bridgehead atoms. The van der Waals surface area contributed by atoms with Crippen LogP contribution in [0.15, 0.2) is 108 Å². The monoisotopic (exact) mass is 599 g/mol. The average molecular weight is 600 g/mol. The molecule has 5 rings (SSSR count). The second-order valence-electron chi connectivity index (χ2n) is 10.1. The Bertz CT molecular complexity index is 1680. The number of nitrogens with zero attached hydrogens (tertiary/aromatic N) is 1. The van der Waals surface area contributed by atoms with E-state index in [0.29, 0.717) is 35.7 Å². The van der Waals surface area contributed by atoms with Crippen LogP contribution in [-0.4, -0.2) is 46.0 Å². The zero-order valence-corrected chi connectivity index (χ0v) is 24.5. The van der Waals surface area contributed by atoms with E-state index in [9.17, 15) is 18.0 Å². The van der Waals surface area contributed by atoms with Crippen molar-refractivity contribution in [1.82, 2.24) is 10.0 Å². The molecule has 0 spiro atoms. The van der Waals surface area contributed by atoms with Crippen LogP contribution in [-0.2, 0) is 32.6 Å². The summed E-state index contributed by atoms with van der Waals surface area (Å²) in [6, 6.07) is 30.6. The molecule has 0 radical (unpaired) electrons. The highest BCUT2D eigenvalue weighted by molar-refractivity contribution is 7.89. The number of benzene rings is 4. The number of aryl methyl sites for hydroxylation is 1. The van der Waals surface area contributed by atoms with E-state index in [0.717, 1.165) is 11.1 Å². The molecule has 0 unspecified atom stereocenters. The summed E-state index contributed by atoms with van der Waals surface area (Å²) in [5, 5.41) is 2.90. The smallest absolute Gasteiger partial charge is 0.265 e. The first-order valence-corrected chi connectivity index (χ1v) is 15.4. The molecule has 222 valence electrons. The molecule has 2 N–H and O–H groups in total. The number of ether oxygens (including phenoxy) is 2. The molecule has 0 saturated heterocycles. The molecule has 4 aromatic rings. The van der Waals surface area contributed by atoms with Gasteiger partial charge >= 0.3 is 0 Å². The van der Waals surface area contributed by atoms with Crippen molar-refractivity contribution >= 4 is 27.5 Å². The summed E-state index contributed by atoms with van der Waals surface area (Å²) in [7, 11) is -3.75. The van der Waals surface area contributed by atoms with Gasteiger partial charge in [-0.3, -0.25) is 9.59 Å².